The topological polar surface area (TPSA) is 92.3 Å². The van der Waals surface area contributed by atoms with E-state index in [4.69, 9.17) is 0 Å². The molecule has 0 aliphatic carbocycles. The molecular formula is C13H23NNa2O4. The van der Waals surface area contributed by atoms with Gasteiger partial charge < -0.3 is 25.1 Å². The maximum atomic E-state index is 10.7. The smallest absolute Gasteiger partial charge is 0.550 e. The fourth-order valence-electron chi connectivity index (χ4n) is 1.75. The van der Waals surface area contributed by atoms with E-state index in [1.807, 2.05) is 0 Å². The molecule has 106 valence electrons. The Balaban J connectivity index is -0.00000144. The molecule has 1 atom stereocenters. The number of carbonyl (C=O) groups is 2. The van der Waals surface area contributed by atoms with Crippen LogP contribution in [0.5, 0.6) is 0 Å². The first-order chi connectivity index (χ1) is 8.57. The van der Waals surface area contributed by atoms with Crippen LogP contribution in [0.15, 0.2) is 0 Å². The maximum absolute atomic E-state index is 10.7. The van der Waals surface area contributed by atoms with Gasteiger partial charge in [0.2, 0.25) is 0 Å². The van der Waals surface area contributed by atoms with E-state index in [2.05, 4.69) is 12.2 Å². The Bertz CT molecular complexity index is 253. The van der Waals surface area contributed by atoms with Crippen LogP contribution < -0.4 is 74.6 Å². The van der Waals surface area contributed by atoms with Gasteiger partial charge in [0.15, 0.2) is 0 Å². The maximum Gasteiger partial charge on any atom is 1.00 e. The van der Waals surface area contributed by atoms with Gasteiger partial charge in [0.05, 0.1) is 5.97 Å². The van der Waals surface area contributed by atoms with E-state index in [1.54, 1.807) is 0 Å². The van der Waals surface area contributed by atoms with E-state index in [0.29, 0.717) is 6.54 Å². The number of carboxylic acid groups (broad SMARTS) is 2. The third-order valence-electron chi connectivity index (χ3n) is 2.84. The second-order valence-corrected chi connectivity index (χ2v) is 4.50. The van der Waals surface area contributed by atoms with Gasteiger partial charge >= 0.3 is 59.1 Å². The van der Waals surface area contributed by atoms with E-state index in [-0.39, 0.29) is 72.0 Å². The summed E-state index contributed by atoms with van der Waals surface area (Å²) in [6, 6.07) is -0.890. The summed E-state index contributed by atoms with van der Waals surface area (Å²) in [5.74, 6) is -2.48. The minimum absolute atomic E-state index is 0. The SMILES string of the molecule is CCCCCCCCN[C@@H](CCC(=O)[O-])C(=O)[O-].[Na+].[Na+]. The largest absolute Gasteiger partial charge is 1.00 e. The molecule has 0 amide bonds. The molecule has 0 spiro atoms. The molecule has 7 heteroatoms. The molecule has 0 aliphatic heterocycles. The molecule has 0 aromatic carbocycles. The van der Waals surface area contributed by atoms with Gasteiger partial charge in [-0.3, -0.25) is 0 Å². The van der Waals surface area contributed by atoms with Gasteiger partial charge in [-0.05, 0) is 25.8 Å². The van der Waals surface area contributed by atoms with Crippen LogP contribution >= 0.6 is 0 Å². The van der Waals surface area contributed by atoms with Gasteiger partial charge in [-0.15, -0.1) is 0 Å². The van der Waals surface area contributed by atoms with E-state index in [1.165, 1.54) is 19.3 Å². The summed E-state index contributed by atoms with van der Waals surface area (Å²) >= 11 is 0. The molecule has 5 nitrogen and oxygen atoms in total. The molecule has 0 aliphatic rings. The van der Waals surface area contributed by atoms with Crippen LogP contribution in [-0.2, 0) is 9.59 Å². The predicted molar refractivity (Wildman–Crippen MR) is 64.4 cm³/mol. The average molecular weight is 303 g/mol. The number of nitrogens with one attached hydrogen (secondary N) is 1. The van der Waals surface area contributed by atoms with Crippen LogP contribution in [0.2, 0.25) is 0 Å². The van der Waals surface area contributed by atoms with Gasteiger partial charge in [-0.2, -0.15) is 0 Å². The number of unbranched alkanes of at least 4 members (excludes halogenated alkanes) is 5. The van der Waals surface area contributed by atoms with Crippen molar-refractivity contribution in [3.8, 4) is 0 Å². The van der Waals surface area contributed by atoms with Gasteiger partial charge in [0, 0.05) is 12.0 Å². The quantitative estimate of drug-likeness (QED) is 0.286. The molecule has 0 rings (SSSR count). The van der Waals surface area contributed by atoms with Crippen LogP contribution in [0.25, 0.3) is 0 Å². The van der Waals surface area contributed by atoms with Crippen molar-refractivity contribution >= 4 is 11.9 Å². The first-order valence-corrected chi connectivity index (χ1v) is 6.72. The van der Waals surface area contributed by atoms with Gasteiger partial charge in [-0.25, -0.2) is 0 Å². The predicted octanol–water partition coefficient (Wildman–Crippen LogP) is -6.41. The minimum Gasteiger partial charge on any atom is -0.550 e. The first-order valence-electron chi connectivity index (χ1n) is 6.72. The normalized spacial score (nSPS) is 11.1. The van der Waals surface area contributed by atoms with E-state index >= 15 is 0 Å². The molecule has 0 aromatic heterocycles. The minimum atomic E-state index is -1.25. The molecule has 1 N–H and O–H groups in total. The zero-order valence-electron chi connectivity index (χ0n) is 13.1. The van der Waals surface area contributed by atoms with Crippen LogP contribution in [0.1, 0.15) is 58.3 Å². The van der Waals surface area contributed by atoms with E-state index < -0.39 is 18.0 Å². The van der Waals surface area contributed by atoms with E-state index in [9.17, 15) is 19.8 Å². The van der Waals surface area contributed by atoms with E-state index in [0.717, 1.165) is 19.3 Å². The fraction of sp³-hybridized carbons (Fsp3) is 0.846. The molecular weight excluding hydrogens is 280 g/mol. The van der Waals surface area contributed by atoms with Crippen molar-refractivity contribution < 1.29 is 78.9 Å². The zero-order chi connectivity index (χ0) is 13.8. The summed E-state index contributed by atoms with van der Waals surface area (Å²) in [5, 5.41) is 23.8. The Hall–Kier alpha value is 0.900. The van der Waals surface area contributed by atoms with Crippen LogP contribution in [0, 0.1) is 0 Å². The molecule has 0 heterocycles. The van der Waals surface area contributed by atoms with Crippen molar-refractivity contribution in [2.45, 2.75) is 64.3 Å². The monoisotopic (exact) mass is 303 g/mol. The Morgan fingerprint density at radius 3 is 2.05 bits per heavy atom. The van der Waals surface area contributed by atoms with Gasteiger partial charge in [-0.1, -0.05) is 39.0 Å². The summed E-state index contributed by atoms with van der Waals surface area (Å²) in [6.07, 6.45) is 6.53. The number of hydrogen-bond acceptors (Lipinski definition) is 5. The van der Waals surface area contributed by atoms with Crippen molar-refractivity contribution in [3.63, 3.8) is 0 Å². The van der Waals surface area contributed by atoms with Gasteiger partial charge in [0.25, 0.3) is 0 Å². The average Bonchev–Trinajstić information content (AvgIpc) is 2.31. The van der Waals surface area contributed by atoms with Crippen LogP contribution in [0.3, 0.4) is 0 Å². The summed E-state index contributed by atoms with van der Waals surface area (Å²) in [6.45, 7) is 2.74. The van der Waals surface area contributed by atoms with Crippen molar-refractivity contribution in [1.82, 2.24) is 5.32 Å². The zero-order valence-corrected chi connectivity index (χ0v) is 17.1. The third kappa shape index (κ3) is 17.0. The fourth-order valence-corrected chi connectivity index (χ4v) is 1.75. The molecule has 0 aromatic rings. The summed E-state index contributed by atoms with van der Waals surface area (Å²) < 4.78 is 0. The number of rotatable bonds is 12. The Morgan fingerprint density at radius 1 is 1.00 bits per heavy atom. The molecule has 0 radical (unpaired) electrons. The Kier molecular flexibility index (Phi) is 23.2. The van der Waals surface area contributed by atoms with Crippen molar-refractivity contribution in [1.29, 1.82) is 0 Å². The number of carbonyl (C=O) groups excluding carboxylic acids is 2. The van der Waals surface area contributed by atoms with Crippen LogP contribution in [0.4, 0.5) is 0 Å². The second kappa shape index (κ2) is 18.0. The summed E-state index contributed by atoms with van der Waals surface area (Å²) in [5.41, 5.74) is 0. The van der Waals surface area contributed by atoms with Crippen molar-refractivity contribution in [2.24, 2.45) is 0 Å². The van der Waals surface area contributed by atoms with Crippen molar-refractivity contribution in [3.05, 3.63) is 0 Å². The van der Waals surface area contributed by atoms with Gasteiger partial charge in [0.1, 0.15) is 0 Å². The standard InChI is InChI=1S/C13H25NO4.2Na/c1-2-3-4-5-6-7-10-14-11(13(17)18)8-9-12(15)16;;/h11,14H,2-10H2,1H3,(H,15,16)(H,17,18);;/q;2*+1/p-2/t11-;;/m0../s1. The number of hydrogen-bond donors (Lipinski definition) is 1. The third-order valence-corrected chi connectivity index (χ3v) is 2.84. The number of carboxylic acids is 2. The molecule has 0 unspecified atom stereocenters. The van der Waals surface area contributed by atoms with Crippen LogP contribution in [-0.4, -0.2) is 24.5 Å². The second-order valence-electron chi connectivity index (χ2n) is 4.50. The Morgan fingerprint density at radius 2 is 1.55 bits per heavy atom. The first kappa shape index (κ1) is 25.8. The number of aliphatic carboxylic acids is 2. The summed E-state index contributed by atoms with van der Waals surface area (Å²) in [4.78, 5) is 21.0. The molecule has 0 bridgehead atoms. The summed E-state index contributed by atoms with van der Waals surface area (Å²) in [7, 11) is 0. The molecule has 0 saturated heterocycles. The molecule has 20 heavy (non-hydrogen) atoms. The van der Waals surface area contributed by atoms with Crippen molar-refractivity contribution in [2.75, 3.05) is 6.54 Å². The Labute approximate surface area is 165 Å². The molecule has 0 fully saturated rings. The molecule has 0 saturated carbocycles.